The first-order chi connectivity index (χ1) is 7.95. The Balaban J connectivity index is 3.15. The molecule has 0 saturated carbocycles. The Morgan fingerprint density at radius 2 is 2.12 bits per heavy atom. The molecule has 1 unspecified atom stereocenters. The number of aliphatic hydroxyl groups is 1. The topological polar surface area (TPSA) is 98.4 Å². The SMILES string of the molecule is CC(=O)Cc1ccc(C(O)C(=O)O)c(C#N)c1. The third-order valence-corrected chi connectivity index (χ3v) is 2.22. The van der Waals surface area contributed by atoms with Gasteiger partial charge in [-0.3, -0.25) is 4.79 Å². The minimum atomic E-state index is -1.73. The number of carboxylic acid groups (broad SMARTS) is 1. The minimum absolute atomic E-state index is 0.0345. The van der Waals surface area contributed by atoms with Crippen LogP contribution in [0.15, 0.2) is 18.2 Å². The Morgan fingerprint density at radius 3 is 2.59 bits per heavy atom. The molecule has 1 atom stereocenters. The van der Waals surface area contributed by atoms with Gasteiger partial charge in [0.2, 0.25) is 0 Å². The molecule has 5 nitrogen and oxygen atoms in total. The van der Waals surface area contributed by atoms with Crippen LogP contribution in [-0.2, 0) is 16.0 Å². The van der Waals surface area contributed by atoms with E-state index in [1.807, 2.05) is 6.07 Å². The Hall–Kier alpha value is -2.19. The second kappa shape index (κ2) is 5.23. The van der Waals surface area contributed by atoms with Gasteiger partial charge in [0.05, 0.1) is 11.6 Å². The molecule has 17 heavy (non-hydrogen) atoms. The third kappa shape index (κ3) is 3.13. The van der Waals surface area contributed by atoms with Gasteiger partial charge in [0.1, 0.15) is 5.78 Å². The highest BCUT2D eigenvalue weighted by atomic mass is 16.4. The standard InChI is InChI=1S/C12H11NO4/c1-7(14)4-8-2-3-10(9(5-8)6-13)11(15)12(16)17/h2-3,5,11,15H,4H2,1H3,(H,16,17). The zero-order valence-corrected chi connectivity index (χ0v) is 9.17. The van der Waals surface area contributed by atoms with Gasteiger partial charge in [0.25, 0.3) is 0 Å². The number of Topliss-reactive ketones (excluding diaryl/α,β-unsaturated/α-hetero) is 1. The van der Waals surface area contributed by atoms with Gasteiger partial charge < -0.3 is 10.2 Å². The van der Waals surface area contributed by atoms with E-state index in [-0.39, 0.29) is 23.3 Å². The van der Waals surface area contributed by atoms with Crippen molar-refractivity contribution in [3.63, 3.8) is 0 Å². The van der Waals surface area contributed by atoms with Gasteiger partial charge in [0, 0.05) is 12.0 Å². The maximum atomic E-state index is 10.9. The number of ketones is 1. The molecule has 0 aromatic heterocycles. The smallest absolute Gasteiger partial charge is 0.337 e. The summed E-state index contributed by atoms with van der Waals surface area (Å²) in [5, 5.41) is 26.9. The van der Waals surface area contributed by atoms with E-state index in [0.29, 0.717) is 5.56 Å². The predicted molar refractivity (Wildman–Crippen MR) is 58.1 cm³/mol. The quantitative estimate of drug-likeness (QED) is 0.801. The molecule has 2 N–H and O–H groups in total. The lowest BCUT2D eigenvalue weighted by molar-refractivity contribution is -0.147. The van der Waals surface area contributed by atoms with Crippen LogP contribution in [0.5, 0.6) is 0 Å². The fourth-order valence-corrected chi connectivity index (χ4v) is 1.47. The maximum Gasteiger partial charge on any atom is 0.337 e. The number of rotatable bonds is 4. The molecule has 0 aliphatic heterocycles. The molecule has 88 valence electrons. The highest BCUT2D eigenvalue weighted by molar-refractivity contribution is 5.79. The molecule has 0 spiro atoms. The van der Waals surface area contributed by atoms with Crippen molar-refractivity contribution in [2.45, 2.75) is 19.4 Å². The van der Waals surface area contributed by atoms with Crippen molar-refractivity contribution in [1.82, 2.24) is 0 Å². The van der Waals surface area contributed by atoms with Crippen LogP contribution in [0.4, 0.5) is 0 Å². The second-order valence-corrected chi connectivity index (χ2v) is 3.65. The zero-order valence-electron chi connectivity index (χ0n) is 9.17. The van der Waals surface area contributed by atoms with Crippen LogP contribution in [0.3, 0.4) is 0 Å². The number of nitrogens with zero attached hydrogens (tertiary/aromatic N) is 1. The van der Waals surface area contributed by atoms with E-state index < -0.39 is 12.1 Å². The molecule has 5 heteroatoms. The van der Waals surface area contributed by atoms with E-state index in [0.717, 1.165) is 0 Å². The number of nitriles is 1. The Morgan fingerprint density at radius 1 is 1.47 bits per heavy atom. The van der Waals surface area contributed by atoms with E-state index in [4.69, 9.17) is 10.4 Å². The summed E-state index contributed by atoms with van der Waals surface area (Å²) in [6.45, 7) is 1.42. The summed E-state index contributed by atoms with van der Waals surface area (Å²) in [6, 6.07) is 6.12. The summed E-state index contributed by atoms with van der Waals surface area (Å²) >= 11 is 0. The monoisotopic (exact) mass is 233 g/mol. The van der Waals surface area contributed by atoms with E-state index in [9.17, 15) is 14.7 Å². The van der Waals surface area contributed by atoms with Gasteiger partial charge in [-0.25, -0.2) is 4.79 Å². The van der Waals surface area contributed by atoms with Gasteiger partial charge in [0.15, 0.2) is 6.10 Å². The van der Waals surface area contributed by atoms with Crippen molar-refractivity contribution in [1.29, 1.82) is 5.26 Å². The van der Waals surface area contributed by atoms with Crippen LogP contribution in [0.1, 0.15) is 29.7 Å². The molecule has 0 amide bonds. The average molecular weight is 233 g/mol. The van der Waals surface area contributed by atoms with Crippen molar-refractivity contribution in [3.8, 4) is 6.07 Å². The Kier molecular flexibility index (Phi) is 3.96. The van der Waals surface area contributed by atoms with Crippen molar-refractivity contribution in [2.24, 2.45) is 0 Å². The lowest BCUT2D eigenvalue weighted by Crippen LogP contribution is -2.12. The number of carbonyl (C=O) groups excluding carboxylic acids is 1. The fourth-order valence-electron chi connectivity index (χ4n) is 1.47. The predicted octanol–water partition coefficient (Wildman–Crippen LogP) is 0.808. The summed E-state index contributed by atoms with van der Waals surface area (Å²) in [6.07, 6.45) is -1.55. The molecular formula is C12H11NO4. The third-order valence-electron chi connectivity index (χ3n) is 2.22. The molecule has 0 bridgehead atoms. The number of hydrogen-bond acceptors (Lipinski definition) is 4. The first kappa shape index (κ1) is 12.9. The summed E-state index contributed by atoms with van der Waals surface area (Å²) in [5.74, 6) is -1.47. The van der Waals surface area contributed by atoms with Crippen molar-refractivity contribution < 1.29 is 19.8 Å². The van der Waals surface area contributed by atoms with Crippen molar-refractivity contribution in [3.05, 3.63) is 34.9 Å². The molecule has 1 aromatic carbocycles. The Bertz CT molecular complexity index is 502. The van der Waals surface area contributed by atoms with Crippen LogP contribution in [0, 0.1) is 11.3 Å². The highest BCUT2D eigenvalue weighted by Crippen LogP contribution is 2.19. The first-order valence-corrected chi connectivity index (χ1v) is 4.89. The summed E-state index contributed by atoms with van der Waals surface area (Å²) in [7, 11) is 0. The summed E-state index contributed by atoms with van der Waals surface area (Å²) in [4.78, 5) is 21.5. The zero-order chi connectivity index (χ0) is 13.0. The normalized spacial score (nSPS) is 11.6. The highest BCUT2D eigenvalue weighted by Gasteiger charge is 2.19. The Labute approximate surface area is 97.9 Å². The molecular weight excluding hydrogens is 222 g/mol. The van der Waals surface area contributed by atoms with Gasteiger partial charge in [-0.05, 0) is 18.6 Å². The number of hydrogen-bond donors (Lipinski definition) is 2. The molecule has 0 saturated heterocycles. The molecule has 0 aliphatic rings. The molecule has 0 radical (unpaired) electrons. The lowest BCUT2D eigenvalue weighted by atomic mass is 9.98. The van der Waals surface area contributed by atoms with Gasteiger partial charge in [-0.1, -0.05) is 12.1 Å². The van der Waals surface area contributed by atoms with E-state index in [1.165, 1.54) is 25.1 Å². The number of aliphatic hydroxyl groups excluding tert-OH is 1. The molecule has 0 heterocycles. The number of carboxylic acids is 1. The van der Waals surface area contributed by atoms with Gasteiger partial charge >= 0.3 is 5.97 Å². The molecule has 0 fully saturated rings. The molecule has 0 aliphatic carbocycles. The molecule has 1 rings (SSSR count). The summed E-state index contributed by atoms with van der Waals surface area (Å²) in [5.41, 5.74) is 0.723. The fraction of sp³-hybridized carbons (Fsp3) is 0.250. The first-order valence-electron chi connectivity index (χ1n) is 4.89. The van der Waals surface area contributed by atoms with Crippen LogP contribution in [-0.4, -0.2) is 22.0 Å². The van der Waals surface area contributed by atoms with Crippen molar-refractivity contribution >= 4 is 11.8 Å². The average Bonchev–Trinajstić information content (AvgIpc) is 2.27. The van der Waals surface area contributed by atoms with Crippen molar-refractivity contribution in [2.75, 3.05) is 0 Å². The number of benzene rings is 1. The summed E-state index contributed by atoms with van der Waals surface area (Å²) < 4.78 is 0. The van der Waals surface area contributed by atoms with E-state index in [2.05, 4.69) is 0 Å². The second-order valence-electron chi connectivity index (χ2n) is 3.65. The van der Waals surface area contributed by atoms with Crippen LogP contribution >= 0.6 is 0 Å². The lowest BCUT2D eigenvalue weighted by Gasteiger charge is -2.09. The van der Waals surface area contributed by atoms with Crippen LogP contribution in [0.2, 0.25) is 0 Å². The van der Waals surface area contributed by atoms with E-state index in [1.54, 1.807) is 0 Å². The number of aliphatic carboxylic acids is 1. The van der Waals surface area contributed by atoms with Gasteiger partial charge in [-0.15, -0.1) is 0 Å². The van der Waals surface area contributed by atoms with Crippen LogP contribution in [0.25, 0.3) is 0 Å². The minimum Gasteiger partial charge on any atom is -0.479 e. The van der Waals surface area contributed by atoms with Crippen LogP contribution < -0.4 is 0 Å². The molecule has 1 aromatic rings. The van der Waals surface area contributed by atoms with Gasteiger partial charge in [-0.2, -0.15) is 5.26 Å². The number of carbonyl (C=O) groups is 2. The van der Waals surface area contributed by atoms with E-state index >= 15 is 0 Å². The maximum absolute atomic E-state index is 10.9. The largest absolute Gasteiger partial charge is 0.479 e.